The number of aromatic hydroxyl groups is 1. The maximum atomic E-state index is 14.5. The van der Waals surface area contributed by atoms with Crippen molar-refractivity contribution in [2.45, 2.75) is 25.7 Å². The quantitative estimate of drug-likeness (QED) is 0.132. The molecule has 3 fully saturated rings. The summed E-state index contributed by atoms with van der Waals surface area (Å²) in [5.74, 6) is -8.65. The average molecular weight is 753 g/mol. The van der Waals surface area contributed by atoms with E-state index in [0.29, 0.717) is 11.1 Å². The standard InChI is InChI=1S/C35H28Cl2FN5O9/c1-35-22(32(46)41(34(35)48)15-4-9-25(38)24(37)10-15)14-21-18(29(35)19-6-5-17(44)13-23(19)36)7-8-20-28(21)33(47)40(31(20)45)16-11-26(42(49)50)30(39(2)3)27(12-16)43(51)52/h4-7,9-13,20-22,28-29,44H,8,14H2,1-3H3. The lowest BCUT2D eigenvalue weighted by Gasteiger charge is -2.49. The van der Waals surface area contributed by atoms with E-state index in [1.807, 2.05) is 0 Å². The van der Waals surface area contributed by atoms with Crippen LogP contribution in [0.3, 0.4) is 0 Å². The zero-order valence-corrected chi connectivity index (χ0v) is 29.1. The van der Waals surface area contributed by atoms with Gasteiger partial charge in [0.05, 0.1) is 49.4 Å². The number of fused-ring (bicyclic) bond motifs is 4. The van der Waals surface area contributed by atoms with Crippen LogP contribution in [0.5, 0.6) is 5.75 Å². The number of benzene rings is 3. The number of nitro benzene ring substituents is 2. The number of hydrogen-bond acceptors (Lipinski definition) is 10. The molecule has 1 N–H and O–H groups in total. The van der Waals surface area contributed by atoms with Crippen molar-refractivity contribution < 1.29 is 38.5 Å². The number of nitro groups is 2. The van der Waals surface area contributed by atoms with E-state index >= 15 is 0 Å². The molecule has 0 spiro atoms. The number of hydrogen-bond donors (Lipinski definition) is 1. The number of nitrogens with zero attached hydrogens (tertiary/aromatic N) is 5. The molecule has 1 saturated carbocycles. The molecule has 0 radical (unpaired) electrons. The van der Waals surface area contributed by atoms with E-state index in [9.17, 15) is 48.9 Å². The zero-order chi connectivity index (χ0) is 37.7. The Morgan fingerprint density at radius 1 is 0.865 bits per heavy atom. The van der Waals surface area contributed by atoms with Gasteiger partial charge in [0, 0.05) is 37.2 Å². The summed E-state index contributed by atoms with van der Waals surface area (Å²) in [5.41, 5.74) is -2.59. The van der Waals surface area contributed by atoms with Gasteiger partial charge in [-0.2, -0.15) is 0 Å². The third-order valence-corrected chi connectivity index (χ3v) is 11.5. The lowest BCUT2D eigenvalue weighted by atomic mass is 9.51. The van der Waals surface area contributed by atoms with Crippen LogP contribution in [0.1, 0.15) is 31.2 Å². The minimum atomic E-state index is -1.51. The van der Waals surface area contributed by atoms with Crippen LogP contribution in [0.2, 0.25) is 10.0 Å². The second kappa shape index (κ2) is 12.1. The smallest absolute Gasteiger partial charge is 0.301 e. The average Bonchev–Trinajstić information content (AvgIpc) is 3.45. The molecular formula is C35H28Cl2FN5O9. The minimum Gasteiger partial charge on any atom is -0.508 e. The Morgan fingerprint density at radius 3 is 2.10 bits per heavy atom. The molecule has 3 aromatic carbocycles. The summed E-state index contributed by atoms with van der Waals surface area (Å²) >= 11 is 12.7. The predicted octanol–water partition coefficient (Wildman–Crippen LogP) is 6.16. The van der Waals surface area contributed by atoms with Gasteiger partial charge in [-0.15, -0.1) is 0 Å². The molecule has 14 nitrogen and oxygen atoms in total. The molecule has 3 aromatic rings. The van der Waals surface area contributed by atoms with Gasteiger partial charge in [0.1, 0.15) is 11.6 Å². The highest BCUT2D eigenvalue weighted by Crippen LogP contribution is 2.64. The summed E-state index contributed by atoms with van der Waals surface area (Å²) in [6.07, 6.45) is 1.67. The number of anilines is 3. The lowest BCUT2D eigenvalue weighted by molar-refractivity contribution is -0.392. The Bertz CT molecular complexity index is 2180. The van der Waals surface area contributed by atoms with Crippen molar-refractivity contribution >= 4 is 75.3 Å². The van der Waals surface area contributed by atoms with E-state index < -0.39 is 85.7 Å². The summed E-state index contributed by atoms with van der Waals surface area (Å²) in [7, 11) is 2.77. The highest BCUT2D eigenvalue weighted by molar-refractivity contribution is 6.32. The second-order valence-corrected chi connectivity index (χ2v) is 14.5. The van der Waals surface area contributed by atoms with Crippen molar-refractivity contribution in [3.63, 3.8) is 0 Å². The van der Waals surface area contributed by atoms with E-state index in [1.165, 1.54) is 43.3 Å². The molecule has 0 aromatic heterocycles. The van der Waals surface area contributed by atoms with Crippen molar-refractivity contribution in [2.75, 3.05) is 28.8 Å². The molecule has 2 saturated heterocycles. The van der Waals surface area contributed by atoms with Crippen LogP contribution < -0.4 is 14.7 Å². The van der Waals surface area contributed by atoms with Crippen LogP contribution >= 0.6 is 23.2 Å². The molecule has 6 atom stereocenters. The Balaban J connectivity index is 1.37. The second-order valence-electron chi connectivity index (χ2n) is 13.7. The molecule has 2 aliphatic carbocycles. The summed E-state index contributed by atoms with van der Waals surface area (Å²) < 4.78 is 14.1. The van der Waals surface area contributed by atoms with Crippen molar-refractivity contribution in [3.05, 3.63) is 102 Å². The van der Waals surface area contributed by atoms with Gasteiger partial charge in [0.2, 0.25) is 23.6 Å². The molecule has 4 aliphatic rings. The van der Waals surface area contributed by atoms with Crippen LogP contribution in [0.4, 0.5) is 32.8 Å². The van der Waals surface area contributed by atoms with Gasteiger partial charge in [-0.3, -0.25) is 39.4 Å². The topological polar surface area (TPSA) is 185 Å². The largest absolute Gasteiger partial charge is 0.508 e. The Hall–Kier alpha value is -5.41. The Kier molecular flexibility index (Phi) is 8.14. The van der Waals surface area contributed by atoms with Gasteiger partial charge >= 0.3 is 11.4 Å². The summed E-state index contributed by atoms with van der Waals surface area (Å²) in [6, 6.07) is 9.52. The molecule has 2 aliphatic heterocycles. The van der Waals surface area contributed by atoms with E-state index in [4.69, 9.17) is 23.2 Å². The number of phenols is 1. The number of imide groups is 2. The first-order chi connectivity index (χ1) is 24.5. The molecule has 0 bridgehead atoms. The molecular weight excluding hydrogens is 724 g/mol. The Morgan fingerprint density at radius 2 is 1.52 bits per heavy atom. The van der Waals surface area contributed by atoms with Crippen molar-refractivity contribution in [3.8, 4) is 5.75 Å². The normalized spacial score (nSPS) is 26.6. The molecule has 7 rings (SSSR count). The summed E-state index contributed by atoms with van der Waals surface area (Å²) in [5, 5.41) is 34.1. The number of amides is 4. The maximum absolute atomic E-state index is 14.5. The number of halogens is 3. The Labute approximate surface area is 304 Å². The molecule has 17 heteroatoms. The zero-order valence-electron chi connectivity index (χ0n) is 27.6. The fraction of sp³-hybridized carbons (Fsp3) is 0.314. The van der Waals surface area contributed by atoms with E-state index in [2.05, 4.69) is 0 Å². The number of carbonyl (C=O) groups is 4. The number of phenolic OH excluding ortho intramolecular Hbond substituents is 1. The van der Waals surface area contributed by atoms with E-state index in [0.717, 1.165) is 34.1 Å². The van der Waals surface area contributed by atoms with Gasteiger partial charge < -0.3 is 10.0 Å². The fourth-order valence-corrected chi connectivity index (χ4v) is 9.15. The molecule has 6 unspecified atom stereocenters. The minimum absolute atomic E-state index is 0.00388. The third-order valence-electron chi connectivity index (χ3n) is 10.9. The first kappa shape index (κ1) is 35.0. The van der Waals surface area contributed by atoms with Crippen LogP contribution in [-0.2, 0) is 19.2 Å². The number of allylic oxidation sites excluding steroid dienone is 2. The van der Waals surface area contributed by atoms with Gasteiger partial charge in [0.15, 0.2) is 5.69 Å². The van der Waals surface area contributed by atoms with Crippen molar-refractivity contribution in [2.24, 2.45) is 29.1 Å². The van der Waals surface area contributed by atoms with Crippen LogP contribution in [0.25, 0.3) is 0 Å². The predicted molar refractivity (Wildman–Crippen MR) is 186 cm³/mol. The van der Waals surface area contributed by atoms with Gasteiger partial charge in [0.25, 0.3) is 0 Å². The first-order valence-corrected chi connectivity index (χ1v) is 16.8. The fourth-order valence-electron chi connectivity index (χ4n) is 8.69. The van der Waals surface area contributed by atoms with Crippen molar-refractivity contribution in [1.82, 2.24) is 0 Å². The molecule has 4 amide bonds. The van der Waals surface area contributed by atoms with Crippen LogP contribution in [0.15, 0.2) is 60.2 Å². The first-order valence-electron chi connectivity index (χ1n) is 16.0. The monoisotopic (exact) mass is 751 g/mol. The summed E-state index contributed by atoms with van der Waals surface area (Å²) in [6.45, 7) is 1.61. The third kappa shape index (κ3) is 4.89. The lowest BCUT2D eigenvalue weighted by Crippen LogP contribution is -2.49. The highest BCUT2D eigenvalue weighted by Gasteiger charge is 2.68. The summed E-state index contributed by atoms with van der Waals surface area (Å²) in [4.78, 5) is 82.8. The number of rotatable bonds is 6. The van der Waals surface area contributed by atoms with E-state index in [-0.39, 0.29) is 45.7 Å². The van der Waals surface area contributed by atoms with Gasteiger partial charge in [-0.05, 0) is 61.6 Å². The van der Waals surface area contributed by atoms with Gasteiger partial charge in [-0.25, -0.2) is 14.2 Å². The molecule has 268 valence electrons. The van der Waals surface area contributed by atoms with Crippen molar-refractivity contribution in [1.29, 1.82) is 0 Å². The highest BCUT2D eigenvalue weighted by atomic mass is 35.5. The van der Waals surface area contributed by atoms with Crippen LogP contribution in [-0.4, -0.2) is 52.7 Å². The van der Waals surface area contributed by atoms with E-state index in [1.54, 1.807) is 13.0 Å². The van der Waals surface area contributed by atoms with Gasteiger partial charge in [-0.1, -0.05) is 40.9 Å². The molecule has 2 heterocycles. The molecule has 52 heavy (non-hydrogen) atoms. The number of carbonyl (C=O) groups excluding carboxylic acids is 4. The SMILES string of the molecule is CN(C)c1c([N+](=O)[O-])cc(N2C(=O)C3CC=C4C(CC5C(=O)N(c6ccc(F)c(Cl)c6)C(=O)C5(C)C4c4ccc(O)cc4Cl)C3C2=O)cc1[N+](=O)[O-]. The maximum Gasteiger partial charge on any atom is 0.301 e. The van der Waals surface area contributed by atoms with Crippen LogP contribution in [0, 0.1) is 55.1 Å².